The van der Waals surface area contributed by atoms with Crippen LogP contribution >= 0.6 is 11.8 Å². The van der Waals surface area contributed by atoms with Gasteiger partial charge in [-0.1, -0.05) is 24.3 Å². The summed E-state index contributed by atoms with van der Waals surface area (Å²) in [4.78, 5) is 13.5. The Bertz CT molecular complexity index is 697. The number of ketones is 1. The van der Waals surface area contributed by atoms with E-state index in [9.17, 15) is 13.6 Å². The zero-order valence-corrected chi connectivity index (χ0v) is 11.6. The van der Waals surface area contributed by atoms with Crippen molar-refractivity contribution in [1.82, 2.24) is 0 Å². The Morgan fingerprint density at radius 2 is 1.90 bits per heavy atom. The van der Waals surface area contributed by atoms with Gasteiger partial charge in [0, 0.05) is 10.6 Å². The van der Waals surface area contributed by atoms with Crippen LogP contribution in [0.2, 0.25) is 0 Å². The van der Waals surface area contributed by atoms with Crippen molar-refractivity contribution in [2.75, 3.05) is 5.75 Å². The topological polar surface area (TPSA) is 17.1 Å². The Kier molecular flexibility index (Phi) is 3.34. The number of rotatable bonds is 2. The van der Waals surface area contributed by atoms with Crippen molar-refractivity contribution < 1.29 is 13.6 Å². The van der Waals surface area contributed by atoms with Gasteiger partial charge in [-0.3, -0.25) is 4.79 Å². The normalized spacial score (nSPS) is 17.1. The van der Waals surface area contributed by atoms with Crippen molar-refractivity contribution in [1.29, 1.82) is 0 Å². The molecule has 0 aliphatic carbocycles. The van der Waals surface area contributed by atoms with Crippen LogP contribution < -0.4 is 0 Å². The molecule has 102 valence electrons. The summed E-state index contributed by atoms with van der Waals surface area (Å²) in [6.45, 7) is 1.48. The summed E-state index contributed by atoms with van der Waals surface area (Å²) in [5.74, 6) is -2.14. The lowest BCUT2D eigenvalue weighted by Gasteiger charge is -2.11. The van der Waals surface area contributed by atoms with Gasteiger partial charge in [0.05, 0.1) is 11.5 Å². The number of carbonyl (C=O) groups excluding carboxylic acids is 1. The smallest absolute Gasteiger partial charge is 0.174 e. The van der Waals surface area contributed by atoms with E-state index in [0.717, 1.165) is 10.5 Å². The van der Waals surface area contributed by atoms with E-state index < -0.39 is 17.6 Å². The van der Waals surface area contributed by atoms with Crippen molar-refractivity contribution in [3.8, 4) is 0 Å². The lowest BCUT2D eigenvalue weighted by atomic mass is 9.91. The molecule has 0 radical (unpaired) electrons. The third-order valence-electron chi connectivity index (χ3n) is 3.56. The second-order valence-corrected chi connectivity index (χ2v) is 5.89. The Balaban J connectivity index is 2.01. The average molecular weight is 290 g/mol. The molecule has 0 fully saturated rings. The zero-order chi connectivity index (χ0) is 14.3. The molecule has 1 aliphatic heterocycles. The van der Waals surface area contributed by atoms with Crippen LogP contribution in [0.5, 0.6) is 0 Å². The Labute approximate surface area is 120 Å². The van der Waals surface area contributed by atoms with Crippen molar-refractivity contribution in [2.45, 2.75) is 17.7 Å². The number of carbonyl (C=O) groups is 1. The van der Waals surface area contributed by atoms with E-state index in [0.29, 0.717) is 5.75 Å². The first-order valence-electron chi connectivity index (χ1n) is 6.30. The molecule has 1 atom stereocenters. The number of hydrogen-bond donors (Lipinski definition) is 0. The highest BCUT2D eigenvalue weighted by atomic mass is 32.2. The van der Waals surface area contributed by atoms with Crippen LogP contribution in [0.1, 0.15) is 27.4 Å². The molecule has 0 bridgehead atoms. The first kappa shape index (κ1) is 13.3. The second kappa shape index (κ2) is 5.02. The highest BCUT2D eigenvalue weighted by Crippen LogP contribution is 2.41. The van der Waals surface area contributed by atoms with Gasteiger partial charge in [0.15, 0.2) is 17.4 Å². The third kappa shape index (κ3) is 2.04. The number of aryl methyl sites for hydroxylation is 1. The van der Waals surface area contributed by atoms with Crippen LogP contribution in [0.4, 0.5) is 8.78 Å². The van der Waals surface area contributed by atoms with Crippen LogP contribution in [-0.4, -0.2) is 11.5 Å². The maximum Gasteiger partial charge on any atom is 0.174 e. The number of halogens is 2. The van der Waals surface area contributed by atoms with Crippen molar-refractivity contribution >= 4 is 17.5 Å². The molecule has 0 amide bonds. The average Bonchev–Trinajstić information content (AvgIpc) is 2.88. The lowest BCUT2D eigenvalue weighted by molar-refractivity contribution is 0.0963. The second-order valence-electron chi connectivity index (χ2n) is 4.82. The summed E-state index contributed by atoms with van der Waals surface area (Å²) >= 11 is 1.58. The minimum absolute atomic E-state index is 0.157. The predicted octanol–water partition coefficient (Wildman–Crippen LogP) is 4.35. The summed E-state index contributed by atoms with van der Waals surface area (Å²) < 4.78 is 27.5. The molecule has 1 heterocycles. The van der Waals surface area contributed by atoms with Crippen molar-refractivity contribution in [2.24, 2.45) is 0 Å². The molecule has 0 aromatic heterocycles. The van der Waals surface area contributed by atoms with E-state index in [1.165, 1.54) is 19.1 Å². The summed E-state index contributed by atoms with van der Waals surface area (Å²) in [7, 11) is 0. The molecule has 1 unspecified atom stereocenters. The van der Waals surface area contributed by atoms with Gasteiger partial charge in [0.1, 0.15) is 0 Å². The summed E-state index contributed by atoms with van der Waals surface area (Å²) in [5, 5.41) is 0. The van der Waals surface area contributed by atoms with Gasteiger partial charge in [0.25, 0.3) is 0 Å². The van der Waals surface area contributed by atoms with Crippen LogP contribution in [0, 0.1) is 18.6 Å². The van der Waals surface area contributed by atoms with Gasteiger partial charge < -0.3 is 0 Å². The van der Waals surface area contributed by atoms with E-state index >= 15 is 0 Å². The number of thioether (sulfide) groups is 1. The fourth-order valence-electron chi connectivity index (χ4n) is 2.40. The van der Waals surface area contributed by atoms with E-state index in [4.69, 9.17) is 0 Å². The standard InChI is InChI=1S/C16H12F2OS/c1-9-6-7-11(15(18)14(9)17)16(19)12-8-20-13-5-3-2-4-10(12)13/h2-7,12H,8H2,1H3. The molecule has 0 saturated carbocycles. The molecule has 1 nitrogen and oxygen atoms in total. The van der Waals surface area contributed by atoms with Crippen molar-refractivity contribution in [3.63, 3.8) is 0 Å². The van der Waals surface area contributed by atoms with E-state index in [-0.39, 0.29) is 16.9 Å². The molecule has 0 saturated heterocycles. The van der Waals surface area contributed by atoms with Gasteiger partial charge in [-0.05, 0) is 30.2 Å². The Morgan fingerprint density at radius 3 is 2.70 bits per heavy atom. The summed E-state index contributed by atoms with van der Waals surface area (Å²) in [5.41, 5.74) is 0.957. The highest BCUT2D eigenvalue weighted by molar-refractivity contribution is 7.99. The van der Waals surface area contributed by atoms with Gasteiger partial charge in [-0.15, -0.1) is 11.8 Å². The Morgan fingerprint density at radius 1 is 1.15 bits per heavy atom. The largest absolute Gasteiger partial charge is 0.293 e. The number of fused-ring (bicyclic) bond motifs is 1. The maximum absolute atomic E-state index is 13.9. The first-order valence-corrected chi connectivity index (χ1v) is 7.28. The predicted molar refractivity (Wildman–Crippen MR) is 75.3 cm³/mol. The molecule has 20 heavy (non-hydrogen) atoms. The fraction of sp³-hybridized carbons (Fsp3) is 0.188. The highest BCUT2D eigenvalue weighted by Gasteiger charge is 2.31. The number of hydrogen-bond acceptors (Lipinski definition) is 2. The molecule has 2 aromatic rings. The van der Waals surface area contributed by atoms with Crippen LogP contribution in [0.15, 0.2) is 41.3 Å². The number of benzene rings is 2. The van der Waals surface area contributed by atoms with Crippen LogP contribution in [0.3, 0.4) is 0 Å². The summed E-state index contributed by atoms with van der Waals surface area (Å²) in [6.07, 6.45) is 0. The quantitative estimate of drug-likeness (QED) is 0.765. The molecule has 4 heteroatoms. The minimum atomic E-state index is -1.04. The molecule has 1 aliphatic rings. The molecular weight excluding hydrogens is 278 g/mol. The maximum atomic E-state index is 13.9. The van der Waals surface area contributed by atoms with Crippen LogP contribution in [-0.2, 0) is 0 Å². The van der Waals surface area contributed by atoms with Gasteiger partial charge in [-0.2, -0.15) is 0 Å². The minimum Gasteiger partial charge on any atom is -0.293 e. The van der Waals surface area contributed by atoms with E-state index in [2.05, 4.69) is 0 Å². The van der Waals surface area contributed by atoms with Crippen molar-refractivity contribution in [3.05, 3.63) is 64.7 Å². The monoisotopic (exact) mass is 290 g/mol. The zero-order valence-electron chi connectivity index (χ0n) is 10.8. The lowest BCUT2D eigenvalue weighted by Crippen LogP contribution is -2.15. The molecule has 0 spiro atoms. The summed E-state index contributed by atoms with van der Waals surface area (Å²) in [6, 6.07) is 10.4. The van der Waals surface area contributed by atoms with Gasteiger partial charge in [0.2, 0.25) is 0 Å². The van der Waals surface area contributed by atoms with E-state index in [1.54, 1.807) is 11.8 Å². The molecule has 3 rings (SSSR count). The Hall–Kier alpha value is -1.68. The third-order valence-corrected chi connectivity index (χ3v) is 4.74. The van der Waals surface area contributed by atoms with Crippen LogP contribution in [0.25, 0.3) is 0 Å². The first-order chi connectivity index (χ1) is 9.59. The fourth-order valence-corrected chi connectivity index (χ4v) is 3.63. The van der Waals surface area contributed by atoms with Gasteiger partial charge >= 0.3 is 0 Å². The van der Waals surface area contributed by atoms with Gasteiger partial charge in [-0.25, -0.2) is 8.78 Å². The number of Topliss-reactive ketones (excluding diaryl/α,β-unsaturated/α-hetero) is 1. The molecular formula is C16H12F2OS. The molecule has 0 N–H and O–H groups in total. The van der Waals surface area contributed by atoms with E-state index in [1.807, 2.05) is 24.3 Å². The SMILES string of the molecule is Cc1ccc(C(=O)C2CSc3ccccc32)c(F)c1F. The molecule has 2 aromatic carbocycles.